The molecule has 1 unspecified atom stereocenters. The van der Waals surface area contributed by atoms with Gasteiger partial charge in [-0.2, -0.15) is 0 Å². The normalized spacial score (nSPS) is 15.0. The van der Waals surface area contributed by atoms with Gasteiger partial charge in [-0.05, 0) is 34.4 Å². The van der Waals surface area contributed by atoms with Crippen LogP contribution in [-0.4, -0.2) is 54.3 Å². The average Bonchev–Trinajstić information content (AvgIpc) is 2.27. The number of benzene rings is 1. The molecule has 1 aromatic rings. The number of hydrogen-bond acceptors (Lipinski definition) is 3. The first-order valence-corrected chi connectivity index (χ1v) is 9.37. The SMILES string of the molecule is CCOP(=O)(O)Cc1cc(C(C)(C)C)c(O)c(C(C)(C)C)c1.[Ca+2].[H-].[H-]. The molecule has 0 aliphatic rings. The van der Waals surface area contributed by atoms with E-state index in [-0.39, 0.29) is 69.9 Å². The molecule has 1 aromatic carbocycles. The smallest absolute Gasteiger partial charge is 1.00 e. The second-order valence-electron chi connectivity index (χ2n) is 7.75. The molecule has 1 atom stereocenters. The summed E-state index contributed by atoms with van der Waals surface area (Å²) in [6.07, 6.45) is -0.0483. The summed E-state index contributed by atoms with van der Waals surface area (Å²) in [7, 11) is -3.66. The van der Waals surface area contributed by atoms with Crippen LogP contribution in [0.15, 0.2) is 12.1 Å². The number of rotatable bonds is 4. The number of hydrogen-bond donors (Lipinski definition) is 2. The summed E-state index contributed by atoms with van der Waals surface area (Å²) in [6.45, 7) is 14.0. The summed E-state index contributed by atoms with van der Waals surface area (Å²) in [6, 6.07) is 3.62. The predicted octanol–water partition coefficient (Wildman–Crippen LogP) is 4.55. The zero-order valence-corrected chi connectivity index (χ0v) is 18.5. The maximum Gasteiger partial charge on any atom is 2.00 e. The Bertz CT molecular complexity index is 560. The number of phenolic OH excluding ortho intramolecular Hbond substituents is 1. The molecule has 1 rings (SSSR count). The Morgan fingerprint density at radius 2 is 1.48 bits per heavy atom. The van der Waals surface area contributed by atoms with Crippen LogP contribution in [0.5, 0.6) is 5.75 Å². The Labute approximate surface area is 173 Å². The summed E-state index contributed by atoms with van der Waals surface area (Å²) in [5.41, 5.74) is 1.76. The Hall–Kier alpha value is 0.430. The molecule has 0 radical (unpaired) electrons. The van der Waals surface area contributed by atoms with E-state index in [4.69, 9.17) is 4.52 Å². The van der Waals surface area contributed by atoms with Crippen molar-refractivity contribution in [3.8, 4) is 5.75 Å². The molecule has 0 fully saturated rings. The molecular weight excluding hydrogens is 339 g/mol. The van der Waals surface area contributed by atoms with Gasteiger partial charge in [0.15, 0.2) is 0 Å². The fraction of sp³-hybridized carbons (Fsp3) is 0.647. The quantitative estimate of drug-likeness (QED) is 0.603. The van der Waals surface area contributed by atoms with Crippen molar-refractivity contribution in [1.82, 2.24) is 0 Å². The topological polar surface area (TPSA) is 66.8 Å². The van der Waals surface area contributed by atoms with Gasteiger partial charge in [0.1, 0.15) is 5.75 Å². The molecule has 0 saturated carbocycles. The Morgan fingerprint density at radius 1 is 1.09 bits per heavy atom. The van der Waals surface area contributed by atoms with Crippen LogP contribution >= 0.6 is 7.60 Å². The number of phenols is 1. The second-order valence-corrected chi connectivity index (χ2v) is 9.60. The van der Waals surface area contributed by atoms with E-state index in [1.807, 2.05) is 53.7 Å². The van der Waals surface area contributed by atoms with Crippen LogP contribution in [0.1, 0.15) is 68.0 Å². The van der Waals surface area contributed by atoms with E-state index in [2.05, 4.69) is 0 Å². The summed E-state index contributed by atoms with van der Waals surface area (Å²) in [4.78, 5) is 9.90. The maximum atomic E-state index is 12.1. The van der Waals surface area contributed by atoms with Crippen molar-refractivity contribution in [1.29, 1.82) is 0 Å². The Morgan fingerprint density at radius 3 is 1.78 bits per heavy atom. The molecule has 0 spiro atoms. The average molecular weight is 370 g/mol. The van der Waals surface area contributed by atoms with E-state index in [0.717, 1.165) is 11.1 Å². The molecular formula is C17H31CaO4P. The molecule has 0 aliphatic heterocycles. The van der Waals surface area contributed by atoms with Crippen molar-refractivity contribution >= 4 is 45.3 Å². The van der Waals surface area contributed by atoms with Gasteiger partial charge in [-0.15, -0.1) is 0 Å². The molecule has 0 amide bonds. The van der Waals surface area contributed by atoms with Crippen LogP contribution < -0.4 is 0 Å². The summed E-state index contributed by atoms with van der Waals surface area (Å²) < 4.78 is 17.0. The first kappa shape index (κ1) is 23.4. The van der Waals surface area contributed by atoms with Gasteiger partial charge in [-0.1, -0.05) is 53.7 Å². The zero-order valence-electron chi connectivity index (χ0n) is 17.4. The molecule has 0 aliphatic carbocycles. The van der Waals surface area contributed by atoms with Crippen LogP contribution in [0.25, 0.3) is 0 Å². The molecule has 0 bridgehead atoms. The molecule has 6 heteroatoms. The Balaban J connectivity index is -0.00000161. The molecule has 23 heavy (non-hydrogen) atoms. The summed E-state index contributed by atoms with van der Waals surface area (Å²) in [5, 5.41) is 10.6. The van der Waals surface area contributed by atoms with Crippen molar-refractivity contribution in [3.63, 3.8) is 0 Å². The van der Waals surface area contributed by atoms with Crippen LogP contribution in [0.2, 0.25) is 0 Å². The van der Waals surface area contributed by atoms with Crippen molar-refractivity contribution in [2.45, 2.75) is 65.5 Å². The first-order valence-electron chi connectivity index (χ1n) is 7.61. The van der Waals surface area contributed by atoms with Gasteiger partial charge >= 0.3 is 45.3 Å². The van der Waals surface area contributed by atoms with E-state index < -0.39 is 7.60 Å². The predicted molar refractivity (Wildman–Crippen MR) is 98.6 cm³/mol. The fourth-order valence-electron chi connectivity index (χ4n) is 2.41. The largest absolute Gasteiger partial charge is 2.00 e. The minimum atomic E-state index is -3.66. The fourth-order valence-corrected chi connectivity index (χ4v) is 3.55. The summed E-state index contributed by atoms with van der Waals surface area (Å²) in [5.74, 6) is 0.271. The maximum absolute atomic E-state index is 12.1. The van der Waals surface area contributed by atoms with E-state index in [0.29, 0.717) is 5.56 Å². The van der Waals surface area contributed by atoms with Gasteiger partial charge in [-0.25, -0.2) is 0 Å². The molecule has 0 heterocycles. The molecule has 0 aromatic heterocycles. The third kappa shape index (κ3) is 6.68. The molecule has 130 valence electrons. The standard InChI is InChI=1S/C17H29O4P.Ca.2H/c1-8-21-22(19,20)11-12-9-13(16(2,3)4)15(18)14(10-12)17(5,6)7;;;/h9-10,18H,8,11H2,1-7H3,(H,19,20);;;/q;+2;2*-1. The minimum absolute atomic E-state index is 0. The van der Waals surface area contributed by atoms with E-state index in [1.54, 1.807) is 6.92 Å². The van der Waals surface area contributed by atoms with Gasteiger partial charge in [0.2, 0.25) is 0 Å². The molecule has 2 N–H and O–H groups in total. The van der Waals surface area contributed by atoms with Crippen molar-refractivity contribution in [2.75, 3.05) is 6.61 Å². The van der Waals surface area contributed by atoms with Crippen LogP contribution in [-0.2, 0) is 26.1 Å². The monoisotopic (exact) mass is 370 g/mol. The van der Waals surface area contributed by atoms with Gasteiger partial charge < -0.3 is 17.4 Å². The van der Waals surface area contributed by atoms with Gasteiger partial charge in [-0.3, -0.25) is 4.57 Å². The third-order valence-electron chi connectivity index (χ3n) is 3.50. The van der Waals surface area contributed by atoms with E-state index >= 15 is 0 Å². The second kappa shape index (κ2) is 8.21. The molecule has 4 nitrogen and oxygen atoms in total. The Kier molecular flexibility index (Phi) is 8.36. The zero-order chi connectivity index (χ0) is 17.3. The van der Waals surface area contributed by atoms with Crippen LogP contribution in [0, 0.1) is 0 Å². The van der Waals surface area contributed by atoms with Gasteiger partial charge in [0, 0.05) is 0 Å². The van der Waals surface area contributed by atoms with E-state index in [1.165, 1.54) is 0 Å². The minimum Gasteiger partial charge on any atom is -1.00 e. The number of aromatic hydroxyl groups is 1. The van der Waals surface area contributed by atoms with Gasteiger partial charge in [0.05, 0.1) is 12.8 Å². The van der Waals surface area contributed by atoms with Crippen molar-refractivity contribution in [3.05, 3.63) is 28.8 Å². The van der Waals surface area contributed by atoms with E-state index in [9.17, 15) is 14.6 Å². The van der Waals surface area contributed by atoms with Crippen LogP contribution in [0.3, 0.4) is 0 Å². The van der Waals surface area contributed by atoms with Gasteiger partial charge in [0.25, 0.3) is 0 Å². The van der Waals surface area contributed by atoms with Crippen molar-refractivity contribution < 1.29 is 21.9 Å². The summed E-state index contributed by atoms with van der Waals surface area (Å²) >= 11 is 0. The third-order valence-corrected chi connectivity index (χ3v) is 4.93. The van der Waals surface area contributed by atoms with Crippen molar-refractivity contribution in [2.24, 2.45) is 0 Å². The first-order chi connectivity index (χ1) is 9.78. The van der Waals surface area contributed by atoms with Crippen LogP contribution in [0.4, 0.5) is 0 Å². The molecule has 0 saturated heterocycles.